The van der Waals surface area contributed by atoms with Gasteiger partial charge < -0.3 is 33.3 Å². The first-order chi connectivity index (χ1) is 48.6. The number of aliphatic carboxylic acids is 1. The molecule has 0 bridgehead atoms. The maximum Gasteiger partial charge on any atom is 0.306 e. The molecule has 0 heterocycles. The monoisotopic (exact) mass is 1390 g/mol. The molecular formula is C90H163NO8. The number of carboxylic acid groups (broad SMARTS) is 1. The van der Waals surface area contributed by atoms with Crippen LogP contribution in [-0.2, 0) is 33.3 Å². The first kappa shape index (κ1) is 95.5. The van der Waals surface area contributed by atoms with Crippen molar-refractivity contribution in [3.05, 3.63) is 85.1 Å². The fraction of sp³-hybridized carbons (Fsp3) is 0.811. The number of esters is 2. The van der Waals surface area contributed by atoms with Crippen LogP contribution >= 0.6 is 0 Å². The fourth-order valence-corrected chi connectivity index (χ4v) is 12.7. The first-order valence-electron chi connectivity index (χ1n) is 42.7. The average molecular weight is 1390 g/mol. The molecule has 0 spiro atoms. The summed E-state index contributed by atoms with van der Waals surface area (Å²) >= 11 is 0. The third kappa shape index (κ3) is 81.6. The second-order valence-electron chi connectivity index (χ2n) is 30.1. The number of quaternary nitrogens is 1. The summed E-state index contributed by atoms with van der Waals surface area (Å²) in [5.41, 5.74) is 0. The van der Waals surface area contributed by atoms with E-state index in [0.717, 1.165) is 89.9 Å². The van der Waals surface area contributed by atoms with Gasteiger partial charge in [0, 0.05) is 12.8 Å². The molecule has 0 aromatic heterocycles. The largest absolute Gasteiger partial charge is 0.545 e. The van der Waals surface area contributed by atoms with E-state index in [0.29, 0.717) is 23.9 Å². The highest BCUT2D eigenvalue weighted by atomic mass is 16.7. The molecule has 0 saturated carbocycles. The Morgan fingerprint density at radius 1 is 0.313 bits per heavy atom. The molecule has 0 amide bonds. The molecule has 0 saturated heterocycles. The SMILES string of the molecule is CC/C=C\C/C=C\C/C=C\C/C=C\C/C=C\C/C=C\C/C=C\CCCCCCCCCCCCCC(=O)OC(COC(=O)CCCCCCCCCCCCCCCCCCCCCCCCCCCCCCCCCCCCCCCCCCC)COC(OCC[N+](C)(C)C)C(=O)[O-]. The number of likely N-dealkylation sites (N-methyl/N-ethyl adjacent to an activating group) is 1. The molecule has 0 radical (unpaired) electrons. The van der Waals surface area contributed by atoms with Gasteiger partial charge in [0.15, 0.2) is 12.4 Å². The smallest absolute Gasteiger partial charge is 0.306 e. The van der Waals surface area contributed by atoms with Gasteiger partial charge in [-0.3, -0.25) is 9.59 Å². The van der Waals surface area contributed by atoms with Crippen LogP contribution in [-0.4, -0.2) is 82.3 Å². The second kappa shape index (κ2) is 80.2. The van der Waals surface area contributed by atoms with Crippen molar-refractivity contribution < 1.29 is 42.9 Å². The summed E-state index contributed by atoms with van der Waals surface area (Å²) < 4.78 is 22.9. The van der Waals surface area contributed by atoms with Crippen molar-refractivity contribution in [1.29, 1.82) is 0 Å². The van der Waals surface area contributed by atoms with Gasteiger partial charge in [-0.1, -0.05) is 414 Å². The predicted molar refractivity (Wildman–Crippen MR) is 426 cm³/mol. The van der Waals surface area contributed by atoms with E-state index < -0.39 is 24.3 Å². The number of hydrogen-bond acceptors (Lipinski definition) is 8. The number of carbonyl (C=O) groups is 3. The van der Waals surface area contributed by atoms with Crippen LogP contribution in [0.15, 0.2) is 85.1 Å². The Hall–Kier alpha value is -3.53. The summed E-state index contributed by atoms with van der Waals surface area (Å²) in [4.78, 5) is 37.6. The van der Waals surface area contributed by atoms with Gasteiger partial charge in [0.25, 0.3) is 0 Å². The molecule has 0 aromatic rings. The zero-order valence-electron chi connectivity index (χ0n) is 66.1. The third-order valence-electron chi connectivity index (χ3n) is 19.2. The third-order valence-corrected chi connectivity index (χ3v) is 19.2. The van der Waals surface area contributed by atoms with E-state index in [-0.39, 0.29) is 32.2 Å². The number of carboxylic acids is 1. The Morgan fingerprint density at radius 2 is 0.576 bits per heavy atom. The Balaban J connectivity index is 3.95. The summed E-state index contributed by atoms with van der Waals surface area (Å²) in [6.07, 6.45) is 107. The van der Waals surface area contributed by atoms with Crippen molar-refractivity contribution in [2.45, 2.75) is 424 Å². The Morgan fingerprint density at radius 3 is 0.859 bits per heavy atom. The van der Waals surface area contributed by atoms with Gasteiger partial charge >= 0.3 is 11.9 Å². The van der Waals surface area contributed by atoms with Crippen LogP contribution < -0.4 is 5.11 Å². The minimum absolute atomic E-state index is 0.146. The second-order valence-corrected chi connectivity index (χ2v) is 30.1. The van der Waals surface area contributed by atoms with Crippen molar-refractivity contribution >= 4 is 17.9 Å². The van der Waals surface area contributed by atoms with Crippen molar-refractivity contribution in [2.24, 2.45) is 0 Å². The molecule has 0 aliphatic rings. The summed E-state index contributed by atoms with van der Waals surface area (Å²) in [6.45, 7) is 4.69. The van der Waals surface area contributed by atoms with Crippen molar-refractivity contribution in [3.63, 3.8) is 0 Å². The molecular weight excluding hydrogens is 1220 g/mol. The molecule has 0 rings (SSSR count). The Kier molecular flexibility index (Phi) is 77.3. The molecule has 0 fully saturated rings. The maximum absolute atomic E-state index is 13.0. The molecule has 576 valence electrons. The van der Waals surface area contributed by atoms with E-state index in [2.05, 4.69) is 98.9 Å². The molecule has 9 heteroatoms. The van der Waals surface area contributed by atoms with E-state index in [9.17, 15) is 19.5 Å². The van der Waals surface area contributed by atoms with Crippen molar-refractivity contribution in [1.82, 2.24) is 0 Å². The lowest BCUT2D eigenvalue weighted by atomic mass is 10.0. The normalized spacial score (nSPS) is 13.0. The topological polar surface area (TPSA) is 111 Å². The molecule has 99 heavy (non-hydrogen) atoms. The highest BCUT2D eigenvalue weighted by molar-refractivity contribution is 5.70. The number of ether oxygens (including phenoxy) is 4. The van der Waals surface area contributed by atoms with E-state index in [4.69, 9.17) is 18.9 Å². The number of unbranched alkanes of at least 4 members (excludes halogenated alkanes) is 51. The van der Waals surface area contributed by atoms with Crippen LogP contribution in [0, 0.1) is 0 Å². The van der Waals surface area contributed by atoms with E-state index in [1.807, 2.05) is 21.1 Å². The highest BCUT2D eigenvalue weighted by Crippen LogP contribution is 2.20. The van der Waals surface area contributed by atoms with Gasteiger partial charge in [-0.2, -0.15) is 0 Å². The van der Waals surface area contributed by atoms with Crippen LogP contribution in [0.4, 0.5) is 0 Å². The van der Waals surface area contributed by atoms with E-state index >= 15 is 0 Å². The number of hydrogen-bond donors (Lipinski definition) is 0. The lowest BCUT2D eigenvalue weighted by Gasteiger charge is -2.26. The molecule has 2 unspecified atom stereocenters. The number of allylic oxidation sites excluding steroid dienone is 14. The maximum atomic E-state index is 13.0. The Labute approximate surface area is 614 Å². The zero-order chi connectivity index (χ0) is 71.8. The van der Waals surface area contributed by atoms with Crippen LogP contribution in [0.1, 0.15) is 412 Å². The van der Waals surface area contributed by atoms with Crippen LogP contribution in [0.5, 0.6) is 0 Å². The molecule has 0 aliphatic heterocycles. The molecule has 0 aliphatic carbocycles. The lowest BCUT2D eigenvalue weighted by Crippen LogP contribution is -2.44. The van der Waals surface area contributed by atoms with Crippen molar-refractivity contribution in [2.75, 3.05) is 47.5 Å². The number of carbonyl (C=O) groups excluding carboxylic acids is 3. The first-order valence-corrected chi connectivity index (χ1v) is 42.7. The van der Waals surface area contributed by atoms with Gasteiger partial charge in [0.2, 0.25) is 0 Å². The van der Waals surface area contributed by atoms with Crippen LogP contribution in [0.3, 0.4) is 0 Å². The minimum Gasteiger partial charge on any atom is -0.545 e. The molecule has 0 N–H and O–H groups in total. The predicted octanol–water partition coefficient (Wildman–Crippen LogP) is 26.4. The van der Waals surface area contributed by atoms with Gasteiger partial charge in [-0.05, 0) is 70.6 Å². The fourth-order valence-electron chi connectivity index (χ4n) is 12.7. The van der Waals surface area contributed by atoms with E-state index in [1.165, 1.54) is 289 Å². The molecule has 2 atom stereocenters. The number of rotatable bonds is 80. The van der Waals surface area contributed by atoms with Gasteiger partial charge in [-0.15, -0.1) is 0 Å². The summed E-state index contributed by atoms with van der Waals surface area (Å²) in [6, 6.07) is 0. The standard InChI is InChI=1S/C90H163NO8/c1-6-8-10-12-14-16-18-20-22-24-26-28-30-32-34-36-38-40-41-42-43-44-45-46-47-49-50-52-54-56-58-60-62-64-66-68-70-72-74-76-78-80-87(92)97-84-86(85-98-90(89(94)95)96-83-82-91(3,4)5)99-88(93)81-79-77-75-73-71-69-67-65-63-61-59-57-55-53-51-48-39-37-35-33-31-29-27-25-23-21-19-17-15-13-11-9-7-2/h9,11,15,17,21,23,27,29,33,35,39,48,53,55,86,90H,6-8,10,12-14,16,18-20,22,24-26,28,30-32,34,36-38,40-47,49-52,54,56-85H2,1-5H3/b11-9-,17-15-,23-21-,29-27-,35-33-,48-39-,55-53-. The van der Waals surface area contributed by atoms with Crippen LogP contribution in [0.25, 0.3) is 0 Å². The molecule has 9 nitrogen and oxygen atoms in total. The van der Waals surface area contributed by atoms with Gasteiger partial charge in [-0.25, -0.2) is 0 Å². The summed E-state index contributed by atoms with van der Waals surface area (Å²) in [5, 5.41) is 11.9. The minimum atomic E-state index is -1.63. The van der Waals surface area contributed by atoms with Gasteiger partial charge in [0.1, 0.15) is 13.2 Å². The quantitative estimate of drug-likeness (QED) is 0.0195. The Bertz CT molecular complexity index is 1910. The van der Waals surface area contributed by atoms with E-state index in [1.54, 1.807) is 0 Å². The highest BCUT2D eigenvalue weighted by Gasteiger charge is 2.22. The summed E-state index contributed by atoms with van der Waals surface area (Å²) in [7, 11) is 5.94. The number of nitrogens with zero attached hydrogens (tertiary/aromatic N) is 1. The van der Waals surface area contributed by atoms with Crippen LogP contribution in [0.2, 0.25) is 0 Å². The van der Waals surface area contributed by atoms with Crippen molar-refractivity contribution in [3.8, 4) is 0 Å². The average Bonchev–Trinajstić information content (AvgIpc) is 1.57. The lowest BCUT2D eigenvalue weighted by molar-refractivity contribution is -0.870. The molecule has 0 aromatic carbocycles. The summed E-state index contributed by atoms with van der Waals surface area (Å²) in [5.74, 6) is -2.27. The zero-order valence-corrected chi connectivity index (χ0v) is 66.1. The van der Waals surface area contributed by atoms with Gasteiger partial charge in [0.05, 0.1) is 40.3 Å².